The SMILES string of the molecule is Cc1ccc(F)c(NC(=O)c2cc(F)c(F)c(F)c2)c1. The number of halogens is 4. The third-order valence-electron chi connectivity index (χ3n) is 2.62. The molecule has 0 bridgehead atoms. The molecule has 2 nitrogen and oxygen atoms in total. The molecule has 0 spiro atoms. The Bertz CT molecular complexity index is 662. The lowest BCUT2D eigenvalue weighted by Gasteiger charge is -2.08. The summed E-state index contributed by atoms with van der Waals surface area (Å²) in [6.07, 6.45) is 0. The third kappa shape index (κ3) is 2.79. The Morgan fingerprint density at radius 1 is 0.950 bits per heavy atom. The summed E-state index contributed by atoms with van der Waals surface area (Å²) < 4.78 is 52.2. The van der Waals surface area contributed by atoms with Crippen LogP contribution in [0.2, 0.25) is 0 Å². The van der Waals surface area contributed by atoms with Crippen LogP contribution in [0.25, 0.3) is 0 Å². The van der Waals surface area contributed by atoms with Crippen molar-refractivity contribution in [3.05, 3.63) is 64.7 Å². The molecule has 0 aliphatic heterocycles. The second-order valence-electron chi connectivity index (χ2n) is 4.19. The van der Waals surface area contributed by atoms with E-state index < -0.39 is 34.7 Å². The highest BCUT2D eigenvalue weighted by molar-refractivity contribution is 6.04. The van der Waals surface area contributed by atoms with Gasteiger partial charge < -0.3 is 5.32 Å². The number of anilines is 1. The number of carbonyl (C=O) groups excluding carboxylic acids is 1. The van der Waals surface area contributed by atoms with Gasteiger partial charge in [0.05, 0.1) is 5.69 Å². The molecule has 0 aliphatic carbocycles. The first-order valence-electron chi connectivity index (χ1n) is 5.60. The van der Waals surface area contributed by atoms with Crippen LogP contribution in [0, 0.1) is 30.2 Å². The fraction of sp³-hybridized carbons (Fsp3) is 0.0714. The molecule has 2 rings (SSSR count). The van der Waals surface area contributed by atoms with Crippen LogP contribution in [-0.2, 0) is 0 Å². The summed E-state index contributed by atoms with van der Waals surface area (Å²) in [4.78, 5) is 11.8. The van der Waals surface area contributed by atoms with Crippen molar-refractivity contribution in [3.63, 3.8) is 0 Å². The quantitative estimate of drug-likeness (QED) is 0.659. The summed E-state index contributed by atoms with van der Waals surface area (Å²) in [5.41, 5.74) is 0.126. The molecule has 0 unspecified atom stereocenters. The van der Waals surface area contributed by atoms with E-state index in [0.29, 0.717) is 17.7 Å². The molecule has 0 aromatic heterocycles. The van der Waals surface area contributed by atoms with Gasteiger partial charge in [-0.3, -0.25) is 4.79 Å². The first-order valence-corrected chi connectivity index (χ1v) is 5.60. The number of hydrogen-bond donors (Lipinski definition) is 1. The molecule has 0 radical (unpaired) electrons. The number of benzene rings is 2. The van der Waals surface area contributed by atoms with Gasteiger partial charge in [-0.2, -0.15) is 0 Å². The van der Waals surface area contributed by atoms with Crippen molar-refractivity contribution in [2.75, 3.05) is 5.32 Å². The summed E-state index contributed by atoms with van der Waals surface area (Å²) in [6.45, 7) is 1.69. The maximum atomic E-state index is 13.4. The highest BCUT2D eigenvalue weighted by Crippen LogP contribution is 2.18. The van der Waals surface area contributed by atoms with E-state index in [1.807, 2.05) is 0 Å². The molecule has 0 atom stereocenters. The first kappa shape index (κ1) is 14.0. The van der Waals surface area contributed by atoms with Crippen molar-refractivity contribution in [2.45, 2.75) is 6.92 Å². The largest absolute Gasteiger partial charge is 0.319 e. The van der Waals surface area contributed by atoms with Gasteiger partial charge >= 0.3 is 0 Å². The van der Waals surface area contributed by atoms with Crippen LogP contribution in [0.5, 0.6) is 0 Å². The highest BCUT2D eigenvalue weighted by Gasteiger charge is 2.16. The van der Waals surface area contributed by atoms with Crippen molar-refractivity contribution in [1.82, 2.24) is 0 Å². The lowest BCUT2D eigenvalue weighted by molar-refractivity contribution is 0.102. The number of hydrogen-bond acceptors (Lipinski definition) is 1. The Hall–Kier alpha value is -2.37. The molecule has 0 saturated heterocycles. The highest BCUT2D eigenvalue weighted by atomic mass is 19.2. The average Bonchev–Trinajstić information content (AvgIpc) is 2.39. The van der Waals surface area contributed by atoms with Crippen LogP contribution in [0.4, 0.5) is 23.2 Å². The second kappa shape index (κ2) is 5.32. The van der Waals surface area contributed by atoms with Gasteiger partial charge in [0.25, 0.3) is 5.91 Å². The number of amides is 1. The number of rotatable bonds is 2. The lowest BCUT2D eigenvalue weighted by Crippen LogP contribution is -2.14. The molecular formula is C14H9F4NO. The van der Waals surface area contributed by atoms with Gasteiger partial charge in [-0.1, -0.05) is 6.07 Å². The molecule has 20 heavy (non-hydrogen) atoms. The zero-order chi connectivity index (χ0) is 14.9. The van der Waals surface area contributed by atoms with Crippen LogP contribution >= 0.6 is 0 Å². The number of carbonyl (C=O) groups is 1. The van der Waals surface area contributed by atoms with Gasteiger partial charge in [0, 0.05) is 5.56 Å². The Balaban J connectivity index is 2.31. The predicted octanol–water partition coefficient (Wildman–Crippen LogP) is 3.80. The average molecular weight is 283 g/mol. The van der Waals surface area contributed by atoms with Gasteiger partial charge in [-0.15, -0.1) is 0 Å². The topological polar surface area (TPSA) is 29.1 Å². The minimum atomic E-state index is -1.66. The Kier molecular flexibility index (Phi) is 3.74. The third-order valence-corrected chi connectivity index (χ3v) is 2.62. The molecule has 0 fully saturated rings. The fourth-order valence-electron chi connectivity index (χ4n) is 1.62. The maximum absolute atomic E-state index is 13.4. The van der Waals surface area contributed by atoms with Gasteiger partial charge in [0.2, 0.25) is 0 Å². The molecule has 104 valence electrons. The van der Waals surface area contributed by atoms with E-state index in [1.54, 1.807) is 6.92 Å². The normalized spacial score (nSPS) is 10.4. The maximum Gasteiger partial charge on any atom is 0.255 e. The molecule has 2 aromatic carbocycles. The zero-order valence-electron chi connectivity index (χ0n) is 10.3. The summed E-state index contributed by atoms with van der Waals surface area (Å²) in [5.74, 6) is -6.26. The molecule has 0 aliphatic rings. The molecule has 0 heterocycles. The van der Waals surface area contributed by atoms with E-state index in [0.717, 1.165) is 6.07 Å². The summed E-state index contributed by atoms with van der Waals surface area (Å²) >= 11 is 0. The molecule has 2 aromatic rings. The molecule has 1 amide bonds. The van der Waals surface area contributed by atoms with Gasteiger partial charge in [-0.05, 0) is 36.8 Å². The van der Waals surface area contributed by atoms with Gasteiger partial charge in [-0.25, -0.2) is 17.6 Å². The summed E-state index contributed by atoms with van der Waals surface area (Å²) in [5, 5.41) is 2.17. The number of aryl methyl sites for hydroxylation is 1. The Morgan fingerprint density at radius 2 is 1.55 bits per heavy atom. The molecular weight excluding hydrogens is 274 g/mol. The minimum Gasteiger partial charge on any atom is -0.319 e. The monoisotopic (exact) mass is 283 g/mol. The Morgan fingerprint density at radius 3 is 2.15 bits per heavy atom. The van der Waals surface area contributed by atoms with Crippen molar-refractivity contribution in [1.29, 1.82) is 0 Å². The minimum absolute atomic E-state index is 0.125. The number of nitrogens with one attached hydrogen (secondary N) is 1. The van der Waals surface area contributed by atoms with Crippen LogP contribution in [-0.4, -0.2) is 5.91 Å². The molecule has 0 saturated carbocycles. The van der Waals surface area contributed by atoms with Gasteiger partial charge in [0.1, 0.15) is 5.82 Å². The van der Waals surface area contributed by atoms with E-state index >= 15 is 0 Å². The van der Waals surface area contributed by atoms with Crippen molar-refractivity contribution in [2.24, 2.45) is 0 Å². The van der Waals surface area contributed by atoms with E-state index in [1.165, 1.54) is 12.1 Å². The molecule has 1 N–H and O–H groups in total. The predicted molar refractivity (Wildman–Crippen MR) is 65.4 cm³/mol. The Labute approximate surface area is 112 Å². The summed E-state index contributed by atoms with van der Waals surface area (Å²) in [6, 6.07) is 5.10. The lowest BCUT2D eigenvalue weighted by atomic mass is 10.1. The standard InChI is InChI=1S/C14H9F4NO/c1-7-2-3-9(15)12(4-7)19-14(20)8-5-10(16)13(18)11(17)6-8/h2-6H,1H3,(H,19,20). The second-order valence-corrected chi connectivity index (χ2v) is 4.19. The fourth-order valence-corrected chi connectivity index (χ4v) is 1.62. The molecule has 6 heteroatoms. The zero-order valence-corrected chi connectivity index (χ0v) is 10.3. The van der Waals surface area contributed by atoms with Crippen molar-refractivity contribution >= 4 is 11.6 Å². The first-order chi connectivity index (χ1) is 9.38. The van der Waals surface area contributed by atoms with Gasteiger partial charge in [0.15, 0.2) is 17.5 Å². The van der Waals surface area contributed by atoms with Crippen LogP contribution in [0.15, 0.2) is 30.3 Å². The van der Waals surface area contributed by atoms with E-state index in [4.69, 9.17) is 0 Å². The summed E-state index contributed by atoms with van der Waals surface area (Å²) in [7, 11) is 0. The van der Waals surface area contributed by atoms with Crippen LogP contribution in [0.1, 0.15) is 15.9 Å². The van der Waals surface area contributed by atoms with E-state index in [2.05, 4.69) is 5.32 Å². The van der Waals surface area contributed by atoms with Crippen LogP contribution in [0.3, 0.4) is 0 Å². The van der Waals surface area contributed by atoms with Crippen molar-refractivity contribution in [3.8, 4) is 0 Å². The van der Waals surface area contributed by atoms with Crippen molar-refractivity contribution < 1.29 is 22.4 Å². The van der Waals surface area contributed by atoms with Crippen LogP contribution < -0.4 is 5.32 Å². The smallest absolute Gasteiger partial charge is 0.255 e. The van der Waals surface area contributed by atoms with E-state index in [9.17, 15) is 22.4 Å². The van der Waals surface area contributed by atoms with E-state index in [-0.39, 0.29) is 5.69 Å².